The van der Waals surface area contributed by atoms with Crippen molar-refractivity contribution in [2.24, 2.45) is 0 Å². The molecule has 2 aromatic carbocycles. The Balaban J connectivity index is 2.29. The number of nitrogens with one attached hydrogen (secondary N) is 1. The van der Waals surface area contributed by atoms with E-state index in [-0.39, 0.29) is 0 Å². The second kappa shape index (κ2) is 9.73. The fraction of sp³-hybridized carbons (Fsp3) is 0.368. The maximum absolute atomic E-state index is 13.4. The summed E-state index contributed by atoms with van der Waals surface area (Å²) in [6.07, 6.45) is 0. The molecule has 0 bridgehead atoms. The van der Waals surface area contributed by atoms with Crippen LogP contribution < -0.4 is 10.1 Å². The number of rotatable bonds is 10. The third-order valence-corrected chi connectivity index (χ3v) is 6.06. The Bertz CT molecular complexity index is 666. The van der Waals surface area contributed by atoms with Gasteiger partial charge in [0.05, 0.1) is 20.3 Å². The van der Waals surface area contributed by atoms with E-state index in [2.05, 4.69) is 5.32 Å². The minimum absolute atomic E-state index is 0.316. The summed E-state index contributed by atoms with van der Waals surface area (Å²) >= 11 is 0. The van der Waals surface area contributed by atoms with Gasteiger partial charge in [-0.3, -0.25) is 9.88 Å². The molecule has 136 valence electrons. The van der Waals surface area contributed by atoms with E-state index < -0.39 is 13.4 Å². The minimum atomic E-state index is -3.36. The molecule has 0 heterocycles. The molecular formula is C19H26NO4P. The van der Waals surface area contributed by atoms with E-state index in [4.69, 9.17) is 13.8 Å². The zero-order valence-electron chi connectivity index (χ0n) is 15.0. The highest BCUT2D eigenvalue weighted by Gasteiger charge is 2.36. The molecule has 5 nitrogen and oxygen atoms in total. The van der Waals surface area contributed by atoms with Crippen molar-refractivity contribution in [3.8, 4) is 5.75 Å². The Labute approximate surface area is 149 Å². The van der Waals surface area contributed by atoms with Crippen LogP contribution in [0.5, 0.6) is 5.75 Å². The van der Waals surface area contributed by atoms with Crippen molar-refractivity contribution in [2.45, 2.75) is 26.2 Å². The van der Waals surface area contributed by atoms with Gasteiger partial charge in [-0.15, -0.1) is 0 Å². The molecule has 0 spiro atoms. The monoisotopic (exact) mass is 363 g/mol. The molecule has 1 unspecified atom stereocenters. The standard InChI is InChI=1S/C19H26NO4P/c1-4-23-25(21,24-5-2)19(17-11-13-18(22-3)14-12-17)20-15-16-9-7-6-8-10-16/h6-14,19-20H,4-5,15H2,1-3H3. The van der Waals surface area contributed by atoms with E-state index in [1.165, 1.54) is 0 Å². The van der Waals surface area contributed by atoms with Gasteiger partial charge in [-0.25, -0.2) is 0 Å². The number of hydrogen-bond acceptors (Lipinski definition) is 5. The summed E-state index contributed by atoms with van der Waals surface area (Å²) in [4.78, 5) is 0. The summed E-state index contributed by atoms with van der Waals surface area (Å²) in [6, 6.07) is 17.4. The average molecular weight is 363 g/mol. The molecule has 0 aliphatic carbocycles. The highest BCUT2D eigenvalue weighted by atomic mass is 31.2. The average Bonchev–Trinajstić information content (AvgIpc) is 2.63. The molecule has 0 aliphatic heterocycles. The largest absolute Gasteiger partial charge is 0.497 e. The lowest BCUT2D eigenvalue weighted by molar-refractivity contribution is 0.207. The molecular weight excluding hydrogens is 337 g/mol. The number of ether oxygens (including phenoxy) is 1. The number of benzene rings is 2. The van der Waals surface area contributed by atoms with Gasteiger partial charge in [-0.1, -0.05) is 42.5 Å². The van der Waals surface area contributed by atoms with Crippen LogP contribution in [0.15, 0.2) is 54.6 Å². The first-order valence-corrected chi connectivity index (χ1v) is 10.0. The third kappa shape index (κ3) is 5.41. The van der Waals surface area contributed by atoms with Crippen molar-refractivity contribution >= 4 is 7.60 Å². The predicted octanol–water partition coefficient (Wildman–Crippen LogP) is 4.75. The minimum Gasteiger partial charge on any atom is -0.497 e. The second-order valence-corrected chi connectivity index (χ2v) is 7.53. The molecule has 0 fully saturated rings. The molecule has 6 heteroatoms. The van der Waals surface area contributed by atoms with Crippen molar-refractivity contribution in [1.29, 1.82) is 0 Å². The van der Waals surface area contributed by atoms with Crippen LogP contribution in [0.1, 0.15) is 30.8 Å². The molecule has 0 aromatic heterocycles. The van der Waals surface area contributed by atoms with E-state index in [9.17, 15) is 4.57 Å². The Morgan fingerprint density at radius 1 is 0.960 bits per heavy atom. The zero-order valence-corrected chi connectivity index (χ0v) is 15.9. The number of hydrogen-bond donors (Lipinski definition) is 1. The molecule has 2 rings (SSSR count). The SMILES string of the molecule is CCOP(=O)(OCC)C(NCc1ccccc1)c1ccc(OC)cc1. The smallest absolute Gasteiger partial charge is 0.351 e. The van der Waals surface area contributed by atoms with Crippen LogP contribution in [0.3, 0.4) is 0 Å². The fourth-order valence-corrected chi connectivity index (χ4v) is 4.50. The van der Waals surface area contributed by atoms with Gasteiger partial charge in [0.25, 0.3) is 0 Å². The molecule has 0 amide bonds. The van der Waals surface area contributed by atoms with Crippen LogP contribution >= 0.6 is 7.60 Å². The van der Waals surface area contributed by atoms with E-state index in [1.54, 1.807) is 7.11 Å². The lowest BCUT2D eigenvalue weighted by Gasteiger charge is -2.27. The Hall–Kier alpha value is -1.65. The molecule has 25 heavy (non-hydrogen) atoms. The summed E-state index contributed by atoms with van der Waals surface area (Å²) in [5.74, 6) is 0.187. The van der Waals surface area contributed by atoms with Crippen LogP contribution in [-0.2, 0) is 20.2 Å². The van der Waals surface area contributed by atoms with E-state index in [0.717, 1.165) is 16.9 Å². The van der Waals surface area contributed by atoms with E-state index in [0.29, 0.717) is 19.8 Å². The van der Waals surface area contributed by atoms with Crippen molar-refractivity contribution in [1.82, 2.24) is 5.32 Å². The highest BCUT2D eigenvalue weighted by Crippen LogP contribution is 2.59. The summed E-state index contributed by atoms with van der Waals surface area (Å²) in [5, 5.41) is 3.35. The van der Waals surface area contributed by atoms with Crippen molar-refractivity contribution in [3.63, 3.8) is 0 Å². The lowest BCUT2D eigenvalue weighted by Crippen LogP contribution is -2.23. The van der Waals surface area contributed by atoms with Crippen LogP contribution in [0, 0.1) is 0 Å². The van der Waals surface area contributed by atoms with Gasteiger partial charge in [0.15, 0.2) is 0 Å². The van der Waals surface area contributed by atoms with Gasteiger partial charge in [0.1, 0.15) is 11.5 Å². The second-order valence-electron chi connectivity index (χ2n) is 5.42. The first kappa shape index (κ1) is 19.7. The van der Waals surface area contributed by atoms with Crippen LogP contribution in [-0.4, -0.2) is 20.3 Å². The van der Waals surface area contributed by atoms with Crippen molar-refractivity contribution in [2.75, 3.05) is 20.3 Å². The predicted molar refractivity (Wildman–Crippen MR) is 99.9 cm³/mol. The fourth-order valence-electron chi connectivity index (χ4n) is 2.56. The Morgan fingerprint density at radius 2 is 1.56 bits per heavy atom. The third-order valence-electron chi connectivity index (χ3n) is 3.71. The quantitative estimate of drug-likeness (QED) is 0.618. The summed E-state index contributed by atoms with van der Waals surface area (Å²) < 4.78 is 29.7. The van der Waals surface area contributed by atoms with Crippen LogP contribution in [0.25, 0.3) is 0 Å². The van der Waals surface area contributed by atoms with Crippen molar-refractivity contribution < 1.29 is 18.3 Å². The van der Waals surface area contributed by atoms with Gasteiger partial charge in [-0.05, 0) is 37.1 Å². The van der Waals surface area contributed by atoms with E-state index in [1.807, 2.05) is 68.4 Å². The molecule has 1 atom stereocenters. The van der Waals surface area contributed by atoms with Gasteiger partial charge in [0, 0.05) is 6.54 Å². The molecule has 1 N–H and O–H groups in total. The lowest BCUT2D eigenvalue weighted by atomic mass is 10.2. The summed E-state index contributed by atoms with van der Waals surface area (Å²) in [5.41, 5.74) is 1.93. The molecule has 0 radical (unpaired) electrons. The van der Waals surface area contributed by atoms with E-state index >= 15 is 0 Å². The van der Waals surface area contributed by atoms with Gasteiger partial charge >= 0.3 is 7.60 Å². The molecule has 2 aromatic rings. The first-order valence-electron chi connectivity index (χ1n) is 8.43. The maximum Gasteiger partial charge on any atom is 0.351 e. The maximum atomic E-state index is 13.4. The summed E-state index contributed by atoms with van der Waals surface area (Å²) in [7, 11) is -1.75. The zero-order chi connectivity index (χ0) is 18.1. The normalized spacial score (nSPS) is 12.8. The van der Waals surface area contributed by atoms with Gasteiger partial charge in [-0.2, -0.15) is 0 Å². The Kier molecular flexibility index (Phi) is 7.66. The number of methoxy groups -OCH3 is 1. The molecule has 0 aliphatic rings. The summed E-state index contributed by atoms with van der Waals surface area (Å²) in [6.45, 7) is 4.82. The van der Waals surface area contributed by atoms with Crippen LogP contribution in [0.4, 0.5) is 0 Å². The first-order chi connectivity index (χ1) is 12.1. The van der Waals surface area contributed by atoms with Gasteiger partial charge < -0.3 is 13.8 Å². The molecule has 0 saturated carbocycles. The van der Waals surface area contributed by atoms with Gasteiger partial charge in [0.2, 0.25) is 0 Å². The Morgan fingerprint density at radius 3 is 2.08 bits per heavy atom. The van der Waals surface area contributed by atoms with Crippen LogP contribution in [0.2, 0.25) is 0 Å². The topological polar surface area (TPSA) is 56.8 Å². The highest BCUT2D eigenvalue weighted by molar-refractivity contribution is 7.54. The van der Waals surface area contributed by atoms with Crippen molar-refractivity contribution in [3.05, 3.63) is 65.7 Å². The molecule has 0 saturated heterocycles.